The highest BCUT2D eigenvalue weighted by Gasteiger charge is 2.49. The molecule has 4 heterocycles. The van der Waals surface area contributed by atoms with Crippen LogP contribution in [0.15, 0.2) is 71.8 Å². The monoisotopic (exact) mass is 842 g/mol. The summed E-state index contributed by atoms with van der Waals surface area (Å²) in [6.45, 7) is 0. The highest BCUT2D eigenvalue weighted by atomic mass is 32.1. The molecule has 1 spiro atoms. The van der Waals surface area contributed by atoms with E-state index in [4.69, 9.17) is 0 Å². The summed E-state index contributed by atoms with van der Waals surface area (Å²) in [4.78, 5) is 58.4. The van der Waals surface area contributed by atoms with Crippen LogP contribution in [-0.2, 0) is 5.41 Å². The Morgan fingerprint density at radius 1 is 0.448 bits per heavy atom. The van der Waals surface area contributed by atoms with Gasteiger partial charge in [-0.15, -0.1) is 45.3 Å². The van der Waals surface area contributed by atoms with E-state index in [-0.39, 0.29) is 38.8 Å². The van der Waals surface area contributed by atoms with Gasteiger partial charge in [-0.1, -0.05) is 19.3 Å². The van der Waals surface area contributed by atoms with E-state index in [1.807, 2.05) is 12.1 Å². The molecule has 0 radical (unpaired) electrons. The lowest BCUT2D eigenvalue weighted by molar-refractivity contribution is 0.0975. The first kappa shape index (κ1) is 34.6. The van der Waals surface area contributed by atoms with Gasteiger partial charge in [0.1, 0.15) is 0 Å². The maximum Gasteiger partial charge on any atom is 0.197 e. The molecule has 4 nitrogen and oxygen atoms in total. The molecule has 0 bridgehead atoms. The van der Waals surface area contributed by atoms with Crippen LogP contribution in [0.3, 0.4) is 0 Å². The molecule has 4 aliphatic rings. The number of fused-ring (bicyclic) bond motifs is 13. The molecular weight excluding hydrogens is 821 g/mol. The van der Waals surface area contributed by atoms with Crippen molar-refractivity contribution in [3.8, 4) is 9.75 Å². The third kappa shape index (κ3) is 4.59. The van der Waals surface area contributed by atoms with Gasteiger partial charge in [-0.05, 0) is 107 Å². The molecule has 1 fully saturated rings. The topological polar surface area (TPSA) is 68.3 Å². The number of Topliss-reactive ketones (excluding diaryl/α,β-unsaturated/α-hetero) is 4. The van der Waals surface area contributed by atoms with Gasteiger partial charge in [0.05, 0.1) is 30.3 Å². The van der Waals surface area contributed by atoms with Crippen molar-refractivity contribution in [1.29, 1.82) is 0 Å². The molecule has 4 aromatic carbocycles. The maximum atomic E-state index is 14.0. The van der Waals surface area contributed by atoms with Crippen LogP contribution in [0.4, 0.5) is 17.6 Å². The molecule has 0 saturated heterocycles. The summed E-state index contributed by atoms with van der Waals surface area (Å²) in [7, 11) is 0. The van der Waals surface area contributed by atoms with Crippen LogP contribution in [0, 0.1) is 23.3 Å². The molecule has 12 rings (SSSR count). The van der Waals surface area contributed by atoms with Crippen molar-refractivity contribution in [3.05, 3.63) is 138 Å². The molecule has 12 heteroatoms. The van der Waals surface area contributed by atoms with Crippen LogP contribution in [0.5, 0.6) is 0 Å². The molecular formula is C46H22F4O4S4. The van der Waals surface area contributed by atoms with Crippen LogP contribution < -0.4 is 0 Å². The van der Waals surface area contributed by atoms with E-state index in [1.54, 1.807) is 57.5 Å². The first-order valence-corrected chi connectivity index (χ1v) is 21.9. The Morgan fingerprint density at radius 3 is 1.14 bits per heavy atom. The molecule has 4 aliphatic carbocycles. The lowest BCUT2D eigenvalue weighted by atomic mass is 9.68. The van der Waals surface area contributed by atoms with Crippen LogP contribution in [-0.4, -0.2) is 23.1 Å². The van der Waals surface area contributed by atoms with Crippen LogP contribution in [0.25, 0.3) is 62.3 Å². The van der Waals surface area contributed by atoms with Crippen molar-refractivity contribution in [1.82, 2.24) is 0 Å². The predicted octanol–water partition coefficient (Wildman–Crippen LogP) is 13.3. The van der Waals surface area contributed by atoms with Crippen LogP contribution in [0.1, 0.15) is 94.4 Å². The fourth-order valence-corrected chi connectivity index (χ4v) is 15.3. The summed E-state index contributed by atoms with van der Waals surface area (Å²) in [5.74, 6) is -5.83. The molecule has 8 aromatic rings. The summed E-state index contributed by atoms with van der Waals surface area (Å²) < 4.78 is 60.5. The Bertz CT molecular complexity index is 3060. The number of halogens is 4. The third-order valence-corrected chi connectivity index (χ3v) is 17.1. The molecule has 0 unspecified atom stereocenters. The van der Waals surface area contributed by atoms with E-state index in [2.05, 4.69) is 0 Å². The minimum absolute atomic E-state index is 0.0311. The van der Waals surface area contributed by atoms with E-state index in [9.17, 15) is 36.7 Å². The van der Waals surface area contributed by atoms with Crippen LogP contribution >= 0.6 is 45.3 Å². The zero-order valence-electron chi connectivity index (χ0n) is 29.7. The molecule has 58 heavy (non-hydrogen) atoms. The van der Waals surface area contributed by atoms with Gasteiger partial charge in [-0.2, -0.15) is 0 Å². The molecule has 0 N–H and O–H groups in total. The fraction of sp³-hybridized carbons (Fsp3) is 0.130. The second kappa shape index (κ2) is 11.8. The Morgan fingerprint density at radius 2 is 0.793 bits per heavy atom. The standard InChI is InChI=1S/C46H22F4O4S4/c47-30-10-18-6-24-25(7-19(18)11-31(30)48)39(52)28(38(24)51)14-22-16-34-42(55-22)36-44(57-34)45-37(46(36)4-2-1-3-5-46)43-35(58-45)17-23(56-43)15-29-40(53)26-8-20-12-32(49)33(50)13-21(20)9-27(26)41(29)54/h6-17H,1-5H2. The molecule has 1 saturated carbocycles. The van der Waals surface area contributed by atoms with E-state index in [0.29, 0.717) is 21.5 Å². The summed E-state index contributed by atoms with van der Waals surface area (Å²) in [5.41, 5.74) is 3.17. The minimum Gasteiger partial charge on any atom is -0.288 e. The lowest BCUT2D eigenvalue weighted by Crippen LogP contribution is -2.27. The van der Waals surface area contributed by atoms with Crippen molar-refractivity contribution in [2.45, 2.75) is 37.5 Å². The highest BCUT2D eigenvalue weighted by Crippen LogP contribution is 2.66. The first-order valence-electron chi connectivity index (χ1n) is 18.6. The number of thiophene rings is 4. The molecule has 0 amide bonds. The van der Waals surface area contributed by atoms with Gasteiger partial charge in [0, 0.05) is 57.9 Å². The summed E-state index contributed by atoms with van der Waals surface area (Å²) in [6, 6.07) is 14.1. The Hall–Kier alpha value is -5.40. The smallest absolute Gasteiger partial charge is 0.197 e. The number of carbonyl (C=O) groups excluding carboxylic acids is 4. The average molecular weight is 843 g/mol. The van der Waals surface area contributed by atoms with E-state index < -0.39 is 46.4 Å². The van der Waals surface area contributed by atoms with Crippen LogP contribution in [0.2, 0.25) is 0 Å². The normalized spacial score (nSPS) is 16.8. The van der Waals surface area contributed by atoms with Gasteiger partial charge in [0.15, 0.2) is 46.4 Å². The van der Waals surface area contributed by atoms with Gasteiger partial charge in [0.2, 0.25) is 0 Å². The van der Waals surface area contributed by atoms with Gasteiger partial charge in [0.25, 0.3) is 0 Å². The number of benzene rings is 4. The van der Waals surface area contributed by atoms with E-state index in [1.165, 1.54) is 45.1 Å². The average Bonchev–Trinajstić information content (AvgIpc) is 4.05. The Kier molecular flexibility index (Phi) is 7.07. The van der Waals surface area contributed by atoms with Crippen molar-refractivity contribution >= 4 is 121 Å². The number of carbonyl (C=O) groups is 4. The second-order valence-electron chi connectivity index (χ2n) is 15.4. The number of hydrogen-bond donors (Lipinski definition) is 0. The largest absolute Gasteiger partial charge is 0.288 e. The van der Waals surface area contributed by atoms with Crippen molar-refractivity contribution in [2.75, 3.05) is 0 Å². The number of rotatable bonds is 2. The van der Waals surface area contributed by atoms with E-state index >= 15 is 0 Å². The quantitative estimate of drug-likeness (QED) is 0.0987. The number of ketones is 4. The van der Waals surface area contributed by atoms with Crippen molar-refractivity contribution in [2.24, 2.45) is 0 Å². The second-order valence-corrected chi connectivity index (χ2v) is 19.7. The molecule has 0 atom stereocenters. The molecule has 282 valence electrons. The van der Waals surface area contributed by atoms with E-state index in [0.717, 1.165) is 84.9 Å². The van der Waals surface area contributed by atoms with Crippen molar-refractivity contribution in [3.63, 3.8) is 0 Å². The lowest BCUT2D eigenvalue weighted by Gasteiger charge is -2.35. The summed E-state index contributed by atoms with van der Waals surface area (Å²) in [6.07, 6.45) is 8.49. The zero-order chi connectivity index (χ0) is 39.5. The Labute approximate surface area is 341 Å². The number of hydrogen-bond acceptors (Lipinski definition) is 8. The summed E-state index contributed by atoms with van der Waals surface area (Å²) in [5, 5.41) is 1.38. The highest BCUT2D eigenvalue weighted by molar-refractivity contribution is 7.35. The van der Waals surface area contributed by atoms with Crippen molar-refractivity contribution < 1.29 is 36.7 Å². The minimum atomic E-state index is -1.02. The first-order chi connectivity index (χ1) is 28.0. The predicted molar refractivity (Wildman–Crippen MR) is 223 cm³/mol. The maximum absolute atomic E-state index is 14.0. The van der Waals surface area contributed by atoms with Gasteiger partial charge in [-0.3, -0.25) is 19.2 Å². The summed E-state index contributed by atoms with van der Waals surface area (Å²) >= 11 is 6.58. The molecule has 4 aromatic heterocycles. The fourth-order valence-electron chi connectivity index (χ4n) is 9.60. The molecule has 0 aliphatic heterocycles. The number of allylic oxidation sites excluding steroid dienone is 2. The zero-order valence-corrected chi connectivity index (χ0v) is 33.0. The SMILES string of the molecule is O=C1C(=Cc2cc3sc4c(c3s2)C2(CCCCC2)c2c-4sc3cc(C=C4C(=O)c5cc6cc(F)c(F)cc6cc5C4=O)sc23)C(=O)c2cc3cc(F)c(F)cc3cc21. The third-order valence-electron chi connectivity index (χ3n) is 12.2. The van der Waals surface area contributed by atoms with Gasteiger partial charge < -0.3 is 0 Å². The van der Waals surface area contributed by atoms with Gasteiger partial charge in [-0.25, -0.2) is 17.6 Å². The van der Waals surface area contributed by atoms with Gasteiger partial charge >= 0.3 is 0 Å². The Balaban J connectivity index is 0.923.